The van der Waals surface area contributed by atoms with Gasteiger partial charge in [0.2, 0.25) is 5.91 Å². The zero-order valence-corrected chi connectivity index (χ0v) is 9.03. The summed E-state index contributed by atoms with van der Waals surface area (Å²) >= 11 is 0. The molecule has 0 aliphatic heterocycles. The molecule has 0 bridgehead atoms. The van der Waals surface area contributed by atoms with Crippen molar-refractivity contribution in [2.24, 2.45) is 5.73 Å². The minimum absolute atomic E-state index is 0.192. The lowest BCUT2D eigenvalue weighted by molar-refractivity contribution is -0.116. The van der Waals surface area contributed by atoms with Crippen LogP contribution in [0.2, 0.25) is 0 Å². The summed E-state index contributed by atoms with van der Waals surface area (Å²) < 4.78 is 0. The molecule has 0 aliphatic carbocycles. The molecule has 0 radical (unpaired) electrons. The summed E-state index contributed by atoms with van der Waals surface area (Å²) in [6.07, 6.45) is 3.44. The van der Waals surface area contributed by atoms with E-state index in [4.69, 9.17) is 5.73 Å². The summed E-state index contributed by atoms with van der Waals surface area (Å²) in [6.45, 7) is 3.04. The van der Waals surface area contributed by atoms with Crippen LogP contribution in [-0.2, 0) is 4.79 Å². The fourth-order valence-corrected chi connectivity index (χ4v) is 1.26. The van der Waals surface area contributed by atoms with Crippen molar-refractivity contribution in [2.45, 2.75) is 6.92 Å². The summed E-state index contributed by atoms with van der Waals surface area (Å²) in [4.78, 5) is 16.6. The Bertz CT molecular complexity index is 340. The van der Waals surface area contributed by atoms with E-state index in [1.165, 1.54) is 0 Å². The summed E-state index contributed by atoms with van der Waals surface area (Å²) in [6, 6.07) is 1.93. The maximum atomic E-state index is 10.7. The Hall–Kier alpha value is -1.78. The number of anilines is 2. The van der Waals surface area contributed by atoms with Gasteiger partial charge < -0.3 is 16.0 Å². The van der Waals surface area contributed by atoms with Crippen molar-refractivity contribution in [3.63, 3.8) is 0 Å². The highest BCUT2D eigenvalue weighted by atomic mass is 16.1. The topological polar surface area (TPSA) is 71.2 Å². The van der Waals surface area contributed by atoms with Crippen LogP contribution in [0.3, 0.4) is 0 Å². The second kappa shape index (κ2) is 5.19. The molecule has 0 atom stereocenters. The molecule has 0 aromatic carbocycles. The van der Waals surface area contributed by atoms with Gasteiger partial charge in [-0.2, -0.15) is 0 Å². The lowest BCUT2D eigenvalue weighted by Gasteiger charge is -2.17. The first-order valence-electron chi connectivity index (χ1n) is 4.82. The number of hydrogen-bond acceptors (Lipinski definition) is 4. The molecule has 0 spiro atoms. The lowest BCUT2D eigenvalue weighted by atomic mass is 10.3. The second-order valence-electron chi connectivity index (χ2n) is 3.28. The van der Waals surface area contributed by atoms with E-state index in [0.29, 0.717) is 0 Å². The molecule has 1 aromatic heterocycles. The van der Waals surface area contributed by atoms with Crippen molar-refractivity contribution >= 4 is 17.3 Å². The molecule has 82 valence electrons. The predicted molar refractivity (Wildman–Crippen MR) is 60.9 cm³/mol. The van der Waals surface area contributed by atoms with Gasteiger partial charge in [0.15, 0.2) is 0 Å². The zero-order valence-electron chi connectivity index (χ0n) is 9.03. The van der Waals surface area contributed by atoms with E-state index in [9.17, 15) is 4.79 Å². The van der Waals surface area contributed by atoms with Crippen LogP contribution in [0.4, 0.5) is 11.4 Å². The first-order chi connectivity index (χ1) is 7.13. The van der Waals surface area contributed by atoms with Crippen molar-refractivity contribution in [1.82, 2.24) is 4.98 Å². The van der Waals surface area contributed by atoms with Crippen LogP contribution in [-0.4, -0.2) is 31.0 Å². The van der Waals surface area contributed by atoms with E-state index in [1.807, 2.05) is 13.0 Å². The number of amides is 1. The third-order valence-corrected chi connectivity index (χ3v) is 1.94. The average molecular weight is 208 g/mol. The molecule has 1 aromatic rings. The Labute approximate surface area is 89.3 Å². The van der Waals surface area contributed by atoms with Crippen LogP contribution < -0.4 is 16.0 Å². The van der Waals surface area contributed by atoms with E-state index < -0.39 is 0 Å². The number of nitrogens with zero attached hydrogens (tertiary/aromatic N) is 2. The van der Waals surface area contributed by atoms with E-state index in [0.717, 1.165) is 17.9 Å². The van der Waals surface area contributed by atoms with Crippen molar-refractivity contribution in [3.05, 3.63) is 18.5 Å². The van der Waals surface area contributed by atoms with Gasteiger partial charge in [-0.15, -0.1) is 0 Å². The number of hydrogen-bond donors (Lipinski definition) is 2. The fraction of sp³-hybridized carbons (Fsp3) is 0.400. The lowest BCUT2D eigenvalue weighted by Crippen LogP contribution is -2.30. The summed E-state index contributed by atoms with van der Waals surface area (Å²) in [5.41, 5.74) is 6.92. The maximum absolute atomic E-state index is 10.7. The van der Waals surface area contributed by atoms with Crippen molar-refractivity contribution < 1.29 is 4.79 Å². The Morgan fingerprint density at radius 3 is 2.93 bits per heavy atom. The number of carbonyl (C=O) groups is 1. The van der Waals surface area contributed by atoms with Crippen molar-refractivity contribution in [2.75, 3.05) is 30.4 Å². The van der Waals surface area contributed by atoms with Crippen LogP contribution >= 0.6 is 0 Å². The largest absolute Gasteiger partial charge is 0.384 e. The second-order valence-corrected chi connectivity index (χ2v) is 3.28. The van der Waals surface area contributed by atoms with Gasteiger partial charge in [0.25, 0.3) is 0 Å². The minimum Gasteiger partial charge on any atom is -0.384 e. The smallest absolute Gasteiger partial charge is 0.236 e. The van der Waals surface area contributed by atoms with Crippen molar-refractivity contribution in [3.8, 4) is 0 Å². The van der Waals surface area contributed by atoms with Gasteiger partial charge in [-0.05, 0) is 13.0 Å². The standard InChI is InChI=1S/C10H16N4O/c1-3-13-8-4-9(6-12-5-8)14(2)7-10(11)15/h4-6,13H,3,7H2,1-2H3,(H2,11,15). The number of primary amides is 1. The molecule has 0 unspecified atom stereocenters. The normalized spacial score (nSPS) is 9.73. The van der Waals surface area contributed by atoms with Gasteiger partial charge >= 0.3 is 0 Å². The van der Waals surface area contributed by atoms with E-state index in [1.54, 1.807) is 24.3 Å². The minimum atomic E-state index is -0.355. The number of nitrogens with two attached hydrogens (primary N) is 1. The van der Waals surface area contributed by atoms with Crippen LogP contribution in [0.5, 0.6) is 0 Å². The van der Waals surface area contributed by atoms with Gasteiger partial charge in [0, 0.05) is 13.6 Å². The Balaban J connectivity index is 2.75. The Morgan fingerprint density at radius 2 is 2.33 bits per heavy atom. The van der Waals surface area contributed by atoms with Crippen LogP contribution in [0.15, 0.2) is 18.5 Å². The van der Waals surface area contributed by atoms with Gasteiger partial charge in [-0.1, -0.05) is 0 Å². The molecular weight excluding hydrogens is 192 g/mol. The third-order valence-electron chi connectivity index (χ3n) is 1.94. The molecule has 1 heterocycles. The quantitative estimate of drug-likeness (QED) is 0.736. The molecule has 0 fully saturated rings. The van der Waals surface area contributed by atoms with E-state index >= 15 is 0 Å². The summed E-state index contributed by atoms with van der Waals surface area (Å²) in [5, 5.41) is 3.15. The number of pyridine rings is 1. The highest BCUT2D eigenvalue weighted by Crippen LogP contribution is 2.15. The predicted octanol–water partition coefficient (Wildman–Crippen LogP) is 0.435. The molecule has 5 nitrogen and oxygen atoms in total. The number of nitrogens with one attached hydrogen (secondary N) is 1. The van der Waals surface area contributed by atoms with Crippen LogP contribution in [0.1, 0.15) is 6.92 Å². The SMILES string of the molecule is CCNc1cncc(N(C)CC(N)=O)c1. The monoisotopic (exact) mass is 208 g/mol. The highest BCUT2D eigenvalue weighted by Gasteiger charge is 2.04. The molecule has 3 N–H and O–H groups in total. The first-order valence-corrected chi connectivity index (χ1v) is 4.82. The summed E-state index contributed by atoms with van der Waals surface area (Å²) in [5.74, 6) is -0.355. The maximum Gasteiger partial charge on any atom is 0.236 e. The molecule has 0 aliphatic rings. The van der Waals surface area contributed by atoms with E-state index in [2.05, 4.69) is 10.3 Å². The molecule has 0 saturated carbocycles. The van der Waals surface area contributed by atoms with E-state index in [-0.39, 0.29) is 12.5 Å². The number of aromatic nitrogens is 1. The molecular formula is C10H16N4O. The molecule has 1 rings (SSSR count). The van der Waals surface area contributed by atoms with Crippen LogP contribution in [0, 0.1) is 0 Å². The fourth-order valence-electron chi connectivity index (χ4n) is 1.26. The highest BCUT2D eigenvalue weighted by molar-refractivity contribution is 5.79. The molecule has 15 heavy (non-hydrogen) atoms. The average Bonchev–Trinajstić information content (AvgIpc) is 2.17. The van der Waals surface area contributed by atoms with Gasteiger partial charge in [0.05, 0.1) is 30.3 Å². The van der Waals surface area contributed by atoms with Gasteiger partial charge in [-0.3, -0.25) is 9.78 Å². The van der Waals surface area contributed by atoms with Crippen LogP contribution in [0.25, 0.3) is 0 Å². The zero-order chi connectivity index (χ0) is 11.3. The Morgan fingerprint density at radius 1 is 1.60 bits per heavy atom. The number of likely N-dealkylation sites (N-methyl/N-ethyl adjacent to an activating group) is 1. The summed E-state index contributed by atoms with van der Waals surface area (Å²) in [7, 11) is 1.80. The Kier molecular flexibility index (Phi) is 3.91. The van der Waals surface area contributed by atoms with Gasteiger partial charge in [-0.25, -0.2) is 0 Å². The van der Waals surface area contributed by atoms with Gasteiger partial charge in [0.1, 0.15) is 0 Å². The first kappa shape index (κ1) is 11.3. The molecule has 1 amide bonds. The molecule has 5 heteroatoms. The third kappa shape index (κ3) is 3.46. The number of carbonyl (C=O) groups excluding carboxylic acids is 1. The number of rotatable bonds is 5. The van der Waals surface area contributed by atoms with Crippen molar-refractivity contribution in [1.29, 1.82) is 0 Å². The molecule has 0 saturated heterocycles.